The van der Waals surface area contributed by atoms with Crippen LogP contribution >= 0.6 is 15.9 Å². The van der Waals surface area contributed by atoms with Gasteiger partial charge < -0.3 is 11.1 Å². The molecular weight excluding hydrogens is 288 g/mol. The fraction of sp³-hybridized carbons (Fsp3) is 0.500. The number of pyridine rings is 1. The molecule has 0 aromatic carbocycles. The third kappa shape index (κ3) is 3.13. The van der Waals surface area contributed by atoms with Crippen molar-refractivity contribution in [2.45, 2.75) is 18.9 Å². The van der Waals surface area contributed by atoms with Crippen molar-refractivity contribution < 1.29 is 4.92 Å². The van der Waals surface area contributed by atoms with Crippen LogP contribution in [0.2, 0.25) is 0 Å². The Morgan fingerprint density at radius 3 is 3.00 bits per heavy atom. The fourth-order valence-corrected chi connectivity index (χ4v) is 1.93. The van der Waals surface area contributed by atoms with Gasteiger partial charge in [-0.15, -0.1) is 0 Å². The molecule has 0 saturated heterocycles. The maximum absolute atomic E-state index is 10.8. The fourth-order valence-electron chi connectivity index (χ4n) is 1.61. The Hall–Kier alpha value is -1.21. The molecule has 1 saturated carbocycles. The van der Waals surface area contributed by atoms with Crippen LogP contribution in [0.3, 0.4) is 0 Å². The summed E-state index contributed by atoms with van der Waals surface area (Å²) in [5.74, 6) is 0.825. The van der Waals surface area contributed by atoms with Gasteiger partial charge in [0.05, 0.1) is 4.92 Å². The van der Waals surface area contributed by atoms with E-state index in [1.165, 1.54) is 12.3 Å². The quantitative estimate of drug-likeness (QED) is 0.640. The SMILES string of the molecule is NC(CNc1ncc(Br)cc1[N+](=O)[O-])C1CC1. The van der Waals surface area contributed by atoms with Crippen molar-refractivity contribution >= 4 is 27.4 Å². The minimum Gasteiger partial charge on any atom is -0.363 e. The summed E-state index contributed by atoms with van der Waals surface area (Å²) in [6.07, 6.45) is 3.83. The summed E-state index contributed by atoms with van der Waals surface area (Å²) < 4.78 is 0.584. The van der Waals surface area contributed by atoms with Gasteiger partial charge in [-0.1, -0.05) is 0 Å². The number of rotatable bonds is 5. The smallest absolute Gasteiger partial charge is 0.312 e. The zero-order chi connectivity index (χ0) is 12.4. The van der Waals surface area contributed by atoms with Gasteiger partial charge in [0, 0.05) is 29.3 Å². The Kier molecular flexibility index (Phi) is 3.58. The standard InChI is InChI=1S/C10H13BrN4O2/c11-7-3-9(15(16)17)10(13-4-7)14-5-8(12)6-1-2-6/h3-4,6,8H,1-2,5,12H2,(H,13,14). The Morgan fingerprint density at radius 1 is 1.71 bits per heavy atom. The zero-order valence-corrected chi connectivity index (χ0v) is 10.7. The van der Waals surface area contributed by atoms with E-state index in [1.807, 2.05) is 0 Å². The molecule has 7 heteroatoms. The van der Waals surface area contributed by atoms with Crippen LogP contribution in [-0.4, -0.2) is 22.5 Å². The second-order valence-corrected chi connectivity index (χ2v) is 5.08. The zero-order valence-electron chi connectivity index (χ0n) is 9.10. The molecule has 1 unspecified atom stereocenters. The molecule has 1 aliphatic carbocycles. The first-order valence-corrected chi connectivity index (χ1v) is 6.16. The number of hydrogen-bond donors (Lipinski definition) is 2. The highest BCUT2D eigenvalue weighted by molar-refractivity contribution is 9.10. The monoisotopic (exact) mass is 300 g/mol. The van der Waals surface area contributed by atoms with Crippen LogP contribution < -0.4 is 11.1 Å². The normalized spacial score (nSPS) is 16.6. The summed E-state index contributed by atoms with van der Waals surface area (Å²) in [4.78, 5) is 14.4. The van der Waals surface area contributed by atoms with E-state index < -0.39 is 4.92 Å². The van der Waals surface area contributed by atoms with Gasteiger partial charge in [-0.05, 0) is 34.7 Å². The van der Waals surface area contributed by atoms with Crippen molar-refractivity contribution in [1.29, 1.82) is 0 Å². The highest BCUT2D eigenvalue weighted by Crippen LogP contribution is 2.32. The lowest BCUT2D eigenvalue weighted by Crippen LogP contribution is -2.31. The third-order valence-corrected chi connectivity index (χ3v) is 3.20. The Balaban J connectivity index is 2.06. The molecule has 0 amide bonds. The second kappa shape index (κ2) is 4.97. The van der Waals surface area contributed by atoms with Crippen molar-refractivity contribution in [3.05, 3.63) is 26.9 Å². The Labute approximate surface area is 107 Å². The number of hydrogen-bond acceptors (Lipinski definition) is 5. The summed E-state index contributed by atoms with van der Waals surface area (Å²) in [5.41, 5.74) is 5.87. The van der Waals surface area contributed by atoms with E-state index >= 15 is 0 Å². The lowest BCUT2D eigenvalue weighted by Gasteiger charge is -2.11. The molecule has 92 valence electrons. The van der Waals surface area contributed by atoms with Crippen molar-refractivity contribution in [2.24, 2.45) is 11.7 Å². The molecule has 1 aromatic rings. The van der Waals surface area contributed by atoms with Crippen LogP contribution in [-0.2, 0) is 0 Å². The van der Waals surface area contributed by atoms with Crippen molar-refractivity contribution in [3.8, 4) is 0 Å². The number of nitrogens with one attached hydrogen (secondary N) is 1. The van der Waals surface area contributed by atoms with Gasteiger partial charge in [-0.25, -0.2) is 4.98 Å². The maximum Gasteiger partial charge on any atom is 0.312 e. The van der Waals surface area contributed by atoms with Crippen LogP contribution in [0.15, 0.2) is 16.7 Å². The third-order valence-electron chi connectivity index (χ3n) is 2.76. The molecule has 2 rings (SSSR count). The second-order valence-electron chi connectivity index (χ2n) is 4.16. The van der Waals surface area contributed by atoms with Crippen molar-refractivity contribution in [1.82, 2.24) is 4.98 Å². The van der Waals surface area contributed by atoms with Crippen LogP contribution in [0.25, 0.3) is 0 Å². The summed E-state index contributed by atoms with van der Waals surface area (Å²) in [7, 11) is 0. The van der Waals surface area contributed by atoms with Gasteiger partial charge >= 0.3 is 5.69 Å². The van der Waals surface area contributed by atoms with Gasteiger partial charge in [0.15, 0.2) is 0 Å². The minimum atomic E-state index is -0.456. The number of nitrogens with two attached hydrogens (primary N) is 1. The Bertz CT molecular complexity index is 436. The molecule has 0 spiro atoms. The number of nitro groups is 1. The van der Waals surface area contributed by atoms with E-state index in [-0.39, 0.29) is 17.5 Å². The molecule has 3 N–H and O–H groups in total. The van der Waals surface area contributed by atoms with Gasteiger partial charge in [-0.2, -0.15) is 0 Å². The topological polar surface area (TPSA) is 94.1 Å². The highest BCUT2D eigenvalue weighted by atomic mass is 79.9. The predicted molar refractivity (Wildman–Crippen MR) is 67.8 cm³/mol. The average Bonchev–Trinajstić information content (AvgIpc) is 3.10. The molecule has 6 nitrogen and oxygen atoms in total. The molecule has 1 atom stereocenters. The van der Waals surface area contributed by atoms with Gasteiger partial charge in [0.2, 0.25) is 5.82 Å². The Morgan fingerprint density at radius 2 is 2.41 bits per heavy atom. The number of aromatic nitrogens is 1. The summed E-state index contributed by atoms with van der Waals surface area (Å²) in [6, 6.07) is 1.47. The van der Waals surface area contributed by atoms with E-state index in [0.717, 1.165) is 12.8 Å². The molecule has 0 aliphatic heterocycles. The summed E-state index contributed by atoms with van der Waals surface area (Å²) in [5, 5.41) is 13.8. The van der Waals surface area contributed by atoms with Crippen molar-refractivity contribution in [3.63, 3.8) is 0 Å². The molecule has 1 aromatic heterocycles. The maximum atomic E-state index is 10.8. The number of anilines is 1. The van der Waals surface area contributed by atoms with Crippen LogP contribution in [0.1, 0.15) is 12.8 Å². The summed E-state index contributed by atoms with van der Waals surface area (Å²) in [6.45, 7) is 0.514. The van der Waals surface area contributed by atoms with Crippen LogP contribution in [0.4, 0.5) is 11.5 Å². The average molecular weight is 301 g/mol. The molecule has 1 fully saturated rings. The molecule has 0 bridgehead atoms. The van der Waals surface area contributed by atoms with Gasteiger partial charge in [0.25, 0.3) is 0 Å². The van der Waals surface area contributed by atoms with E-state index in [9.17, 15) is 10.1 Å². The van der Waals surface area contributed by atoms with Gasteiger partial charge in [0.1, 0.15) is 0 Å². The highest BCUT2D eigenvalue weighted by Gasteiger charge is 2.28. The first kappa shape index (κ1) is 12.3. The van der Waals surface area contributed by atoms with Crippen LogP contribution in [0.5, 0.6) is 0 Å². The van der Waals surface area contributed by atoms with Gasteiger partial charge in [-0.3, -0.25) is 10.1 Å². The molecule has 0 radical (unpaired) electrons. The first-order valence-electron chi connectivity index (χ1n) is 5.37. The van der Waals surface area contributed by atoms with Crippen molar-refractivity contribution in [2.75, 3.05) is 11.9 Å². The largest absolute Gasteiger partial charge is 0.363 e. The van der Waals surface area contributed by atoms with E-state index in [2.05, 4.69) is 26.2 Å². The lowest BCUT2D eigenvalue weighted by atomic mass is 10.2. The van der Waals surface area contributed by atoms with E-state index in [0.29, 0.717) is 16.9 Å². The molecular formula is C10H13BrN4O2. The number of nitrogens with zero attached hydrogens (tertiary/aromatic N) is 2. The van der Waals surface area contributed by atoms with E-state index in [4.69, 9.17) is 5.73 Å². The number of halogens is 1. The summed E-state index contributed by atoms with van der Waals surface area (Å²) >= 11 is 3.16. The lowest BCUT2D eigenvalue weighted by molar-refractivity contribution is -0.384. The van der Waals surface area contributed by atoms with Crippen LogP contribution in [0, 0.1) is 16.0 Å². The van der Waals surface area contributed by atoms with E-state index in [1.54, 1.807) is 0 Å². The minimum absolute atomic E-state index is 0.0395. The molecule has 17 heavy (non-hydrogen) atoms. The first-order chi connectivity index (χ1) is 8.08. The molecule has 1 heterocycles. The predicted octanol–water partition coefficient (Wildman–Crippen LogP) is 1.90. The molecule has 1 aliphatic rings.